The molecule has 2 aliphatic rings. The molecule has 0 radical (unpaired) electrons. The Hall–Kier alpha value is -1.89. The highest BCUT2D eigenvalue weighted by Gasteiger charge is 2.55. The van der Waals surface area contributed by atoms with E-state index in [0.717, 1.165) is 12.8 Å². The average molecular weight is 312 g/mol. The van der Waals surface area contributed by atoms with Crippen molar-refractivity contribution in [2.45, 2.75) is 19.3 Å². The predicted molar refractivity (Wildman–Crippen MR) is 75.5 cm³/mol. The molecule has 2 atom stereocenters. The molecule has 2 fully saturated rings. The van der Waals surface area contributed by atoms with Crippen LogP contribution >= 0.6 is 11.6 Å². The van der Waals surface area contributed by atoms with Crippen LogP contribution in [0.25, 0.3) is 0 Å². The highest BCUT2D eigenvalue weighted by atomic mass is 35.5. The van der Waals surface area contributed by atoms with Crippen molar-refractivity contribution in [1.82, 2.24) is 4.98 Å². The van der Waals surface area contributed by atoms with Crippen LogP contribution in [0.15, 0.2) is 12.3 Å². The number of fused-ring (bicyclic) bond motifs is 1. The van der Waals surface area contributed by atoms with Crippen molar-refractivity contribution in [3.63, 3.8) is 0 Å². The van der Waals surface area contributed by atoms with Gasteiger partial charge in [0.2, 0.25) is 5.82 Å². The predicted octanol–water partition coefficient (Wildman–Crippen LogP) is 2.33. The number of nitrogens with zero attached hydrogens (tertiary/aromatic N) is 3. The summed E-state index contributed by atoms with van der Waals surface area (Å²) in [6.07, 6.45) is 3.70. The molecular formula is C13H14ClN3O4. The maximum Gasteiger partial charge on any atom is 0.313 e. The van der Waals surface area contributed by atoms with Gasteiger partial charge in [0.25, 0.3) is 0 Å². The van der Waals surface area contributed by atoms with E-state index in [1.54, 1.807) is 4.90 Å². The molecule has 1 aromatic heterocycles. The molecule has 1 saturated heterocycles. The van der Waals surface area contributed by atoms with Gasteiger partial charge in [-0.05, 0) is 18.8 Å². The molecule has 2 heterocycles. The largest absolute Gasteiger partial charge is 0.481 e. The summed E-state index contributed by atoms with van der Waals surface area (Å²) in [6.45, 7) is 0.754. The van der Waals surface area contributed by atoms with E-state index < -0.39 is 16.3 Å². The molecule has 1 aliphatic carbocycles. The van der Waals surface area contributed by atoms with Crippen molar-refractivity contribution in [3.8, 4) is 0 Å². The van der Waals surface area contributed by atoms with Crippen molar-refractivity contribution < 1.29 is 14.8 Å². The van der Waals surface area contributed by atoms with Gasteiger partial charge in [-0.25, -0.2) is 4.98 Å². The molecule has 0 amide bonds. The van der Waals surface area contributed by atoms with Crippen LogP contribution in [0, 0.1) is 21.4 Å². The Kier molecular flexibility index (Phi) is 3.24. The van der Waals surface area contributed by atoms with Gasteiger partial charge in [-0.15, -0.1) is 0 Å². The van der Waals surface area contributed by atoms with Gasteiger partial charge in [-0.3, -0.25) is 14.9 Å². The lowest BCUT2D eigenvalue weighted by Gasteiger charge is -2.23. The van der Waals surface area contributed by atoms with Crippen LogP contribution in [0.4, 0.5) is 11.5 Å². The molecule has 3 rings (SSSR count). The maximum atomic E-state index is 11.7. The van der Waals surface area contributed by atoms with Gasteiger partial charge in [-0.2, -0.15) is 0 Å². The van der Waals surface area contributed by atoms with Gasteiger partial charge in [0.15, 0.2) is 0 Å². The first-order valence-electron chi connectivity index (χ1n) is 6.72. The number of aliphatic carboxylic acids is 1. The number of aromatic nitrogens is 1. The zero-order valence-corrected chi connectivity index (χ0v) is 11.9. The van der Waals surface area contributed by atoms with Crippen LogP contribution in [0.2, 0.25) is 5.02 Å². The highest BCUT2D eigenvalue weighted by molar-refractivity contribution is 6.30. The van der Waals surface area contributed by atoms with Crippen molar-refractivity contribution in [3.05, 3.63) is 27.4 Å². The Labute approximate surface area is 125 Å². The van der Waals surface area contributed by atoms with Crippen molar-refractivity contribution in [2.75, 3.05) is 18.0 Å². The fourth-order valence-electron chi connectivity index (χ4n) is 3.60. The van der Waals surface area contributed by atoms with E-state index in [9.17, 15) is 20.0 Å². The summed E-state index contributed by atoms with van der Waals surface area (Å²) < 4.78 is 0. The number of rotatable bonds is 3. The Morgan fingerprint density at radius 2 is 2.38 bits per heavy atom. The summed E-state index contributed by atoms with van der Waals surface area (Å²) >= 11 is 5.76. The second-order valence-corrected chi connectivity index (χ2v) is 6.12. The number of hydrogen-bond donors (Lipinski definition) is 1. The van der Waals surface area contributed by atoms with Crippen LogP contribution in [0.5, 0.6) is 0 Å². The van der Waals surface area contributed by atoms with E-state index >= 15 is 0 Å². The Bertz CT molecular complexity index is 623. The van der Waals surface area contributed by atoms with Crippen molar-refractivity contribution in [1.29, 1.82) is 0 Å². The van der Waals surface area contributed by atoms with Gasteiger partial charge in [0, 0.05) is 25.4 Å². The van der Waals surface area contributed by atoms with Crippen LogP contribution in [0.1, 0.15) is 19.3 Å². The summed E-state index contributed by atoms with van der Waals surface area (Å²) in [4.78, 5) is 28.0. The fraction of sp³-hybridized carbons (Fsp3) is 0.538. The number of hydrogen-bond acceptors (Lipinski definition) is 5. The van der Waals surface area contributed by atoms with E-state index in [4.69, 9.17) is 11.6 Å². The lowest BCUT2D eigenvalue weighted by molar-refractivity contribution is -0.384. The molecule has 1 N–H and O–H groups in total. The first kappa shape index (κ1) is 14.1. The van der Waals surface area contributed by atoms with Crippen LogP contribution in [-0.4, -0.2) is 34.1 Å². The number of pyridine rings is 1. The van der Waals surface area contributed by atoms with Crippen LogP contribution in [0.3, 0.4) is 0 Å². The minimum atomic E-state index is -0.816. The van der Waals surface area contributed by atoms with E-state index in [1.807, 2.05) is 0 Å². The van der Waals surface area contributed by atoms with Crippen molar-refractivity contribution >= 4 is 29.1 Å². The summed E-state index contributed by atoms with van der Waals surface area (Å²) in [5.74, 6) is -0.587. The normalized spacial score (nSPS) is 27.7. The number of anilines is 1. The zero-order chi connectivity index (χ0) is 15.2. The SMILES string of the molecule is O=C(O)[C@@]12CCC[C@H]1CN(c1ncc(Cl)cc1[N+](=O)[O-])C2. The van der Waals surface area contributed by atoms with Crippen molar-refractivity contribution in [2.24, 2.45) is 11.3 Å². The molecule has 1 aromatic rings. The fourth-order valence-corrected chi connectivity index (χ4v) is 3.75. The molecule has 0 unspecified atom stereocenters. The topological polar surface area (TPSA) is 96.6 Å². The number of carbonyl (C=O) groups is 1. The molecule has 0 spiro atoms. The van der Waals surface area contributed by atoms with Gasteiger partial charge in [0.1, 0.15) is 0 Å². The first-order valence-corrected chi connectivity index (χ1v) is 7.10. The van der Waals surface area contributed by atoms with E-state index in [-0.39, 0.29) is 29.0 Å². The molecule has 7 nitrogen and oxygen atoms in total. The quantitative estimate of drug-likeness (QED) is 0.679. The Balaban J connectivity index is 1.97. The maximum absolute atomic E-state index is 11.7. The lowest BCUT2D eigenvalue weighted by atomic mass is 9.81. The zero-order valence-electron chi connectivity index (χ0n) is 11.2. The standard InChI is InChI=1S/C13H14ClN3O4/c14-9-4-10(17(20)21)11(15-5-9)16-6-8-2-1-3-13(8,7-16)12(18)19/h4-5,8H,1-3,6-7H2,(H,18,19)/t8-,13+/m0/s1. The lowest BCUT2D eigenvalue weighted by Crippen LogP contribution is -2.35. The first-order chi connectivity index (χ1) is 9.94. The molecule has 0 bridgehead atoms. The van der Waals surface area contributed by atoms with Gasteiger partial charge < -0.3 is 10.0 Å². The molecule has 112 valence electrons. The van der Waals surface area contributed by atoms with E-state index in [0.29, 0.717) is 13.0 Å². The van der Waals surface area contributed by atoms with Gasteiger partial charge >= 0.3 is 11.7 Å². The third kappa shape index (κ3) is 2.12. The third-order valence-electron chi connectivity index (χ3n) is 4.61. The van der Waals surface area contributed by atoms with Gasteiger partial charge in [-0.1, -0.05) is 18.0 Å². The minimum Gasteiger partial charge on any atom is -0.481 e. The smallest absolute Gasteiger partial charge is 0.313 e. The second-order valence-electron chi connectivity index (χ2n) is 5.68. The summed E-state index contributed by atoms with van der Waals surface area (Å²) in [7, 11) is 0. The van der Waals surface area contributed by atoms with Crippen LogP contribution in [-0.2, 0) is 4.79 Å². The molecule has 1 aliphatic heterocycles. The summed E-state index contributed by atoms with van der Waals surface area (Å²) in [5, 5.41) is 20.9. The third-order valence-corrected chi connectivity index (χ3v) is 4.81. The second kappa shape index (κ2) is 4.84. The highest BCUT2D eigenvalue weighted by Crippen LogP contribution is 2.50. The molecule has 0 aromatic carbocycles. The Morgan fingerprint density at radius 1 is 1.62 bits per heavy atom. The molecule has 8 heteroatoms. The molecular weight excluding hydrogens is 298 g/mol. The molecule has 21 heavy (non-hydrogen) atoms. The monoisotopic (exact) mass is 311 g/mol. The number of halogens is 1. The number of carboxylic acids is 1. The van der Waals surface area contributed by atoms with E-state index in [2.05, 4.69) is 4.98 Å². The minimum absolute atomic E-state index is 0.0204. The summed E-state index contributed by atoms with van der Waals surface area (Å²) in [5.41, 5.74) is -0.974. The van der Waals surface area contributed by atoms with E-state index in [1.165, 1.54) is 12.3 Å². The average Bonchev–Trinajstić information content (AvgIpc) is 2.95. The van der Waals surface area contributed by atoms with Crippen LogP contribution < -0.4 is 4.90 Å². The number of nitro groups is 1. The molecule has 1 saturated carbocycles. The Morgan fingerprint density at radius 3 is 3.00 bits per heavy atom. The van der Waals surface area contributed by atoms with Gasteiger partial charge in [0.05, 0.1) is 15.4 Å². The summed E-state index contributed by atoms with van der Waals surface area (Å²) in [6, 6.07) is 1.26. The number of carboxylic acid groups (broad SMARTS) is 1.